The number of aliphatic hydroxyl groups is 1. The van der Waals surface area contributed by atoms with Gasteiger partial charge < -0.3 is 15.3 Å². The molecule has 0 heterocycles. The van der Waals surface area contributed by atoms with Crippen molar-refractivity contribution >= 4 is 0 Å². The van der Waals surface area contributed by atoms with Crippen LogP contribution in [0.5, 0.6) is 0 Å². The Morgan fingerprint density at radius 2 is 1.38 bits per heavy atom. The van der Waals surface area contributed by atoms with Crippen LogP contribution in [0.1, 0.15) is 82.1 Å². The number of hydrogen-bond acceptors (Lipinski definition) is 4. The average molecular weight is 376 g/mol. The molecule has 0 rings (SSSR count). The van der Waals surface area contributed by atoms with Gasteiger partial charge in [-0.15, -0.1) is 0 Å². The number of nitrogens with zero attached hydrogens (tertiary/aromatic N) is 1. The standard InChI is InChI=1S/C10H22N2.C8H19NO.2C2H6/c1-8(2)6-11-7-12-10(5)9(3)4;1-3-5-9(6-4-2)7-8-10;2*1-2/h8-9,11-12H,5-7H2,1-4H3;10H,3-8H2,1-2H3;2*1-2H3. The van der Waals surface area contributed by atoms with Crippen LogP contribution in [0.2, 0.25) is 0 Å². The molecule has 0 aromatic carbocycles. The van der Waals surface area contributed by atoms with Gasteiger partial charge in [-0.2, -0.15) is 0 Å². The third-order valence-corrected chi connectivity index (χ3v) is 3.19. The van der Waals surface area contributed by atoms with Gasteiger partial charge in [0.2, 0.25) is 0 Å². The van der Waals surface area contributed by atoms with E-state index in [0.717, 1.165) is 38.5 Å². The minimum Gasteiger partial charge on any atom is -0.395 e. The Balaban J connectivity index is -0.000000157. The molecule has 0 aromatic heterocycles. The predicted octanol–water partition coefficient (Wildman–Crippen LogP) is 5.10. The molecule has 0 aliphatic heterocycles. The number of nitrogens with one attached hydrogen (secondary N) is 2. The lowest BCUT2D eigenvalue weighted by atomic mass is 10.2. The number of hydrogen-bond donors (Lipinski definition) is 3. The van der Waals surface area contributed by atoms with Gasteiger partial charge in [0.25, 0.3) is 0 Å². The van der Waals surface area contributed by atoms with E-state index in [9.17, 15) is 0 Å². The first-order chi connectivity index (χ1) is 12.4. The zero-order chi connectivity index (χ0) is 21.4. The van der Waals surface area contributed by atoms with Crippen LogP contribution >= 0.6 is 0 Å². The summed E-state index contributed by atoms with van der Waals surface area (Å²) in [4.78, 5) is 2.29. The molecule has 0 bridgehead atoms. The molecule has 3 N–H and O–H groups in total. The maximum atomic E-state index is 8.65. The van der Waals surface area contributed by atoms with Gasteiger partial charge in [-0.05, 0) is 44.3 Å². The Bertz CT molecular complexity index is 229. The van der Waals surface area contributed by atoms with Crippen molar-refractivity contribution < 1.29 is 5.11 Å². The summed E-state index contributed by atoms with van der Waals surface area (Å²) in [5.41, 5.74) is 1.10. The van der Waals surface area contributed by atoms with E-state index in [1.54, 1.807) is 0 Å². The zero-order valence-corrected chi connectivity index (χ0v) is 19.9. The van der Waals surface area contributed by atoms with Gasteiger partial charge in [-0.3, -0.25) is 5.32 Å². The quantitative estimate of drug-likeness (QED) is 0.328. The summed E-state index contributed by atoms with van der Waals surface area (Å²) < 4.78 is 0. The predicted molar refractivity (Wildman–Crippen MR) is 122 cm³/mol. The van der Waals surface area contributed by atoms with Gasteiger partial charge in [0.1, 0.15) is 0 Å². The second-order valence-corrected chi connectivity index (χ2v) is 6.45. The average Bonchev–Trinajstić information content (AvgIpc) is 2.63. The fourth-order valence-electron chi connectivity index (χ4n) is 1.85. The summed E-state index contributed by atoms with van der Waals surface area (Å²) in [5.74, 6) is 1.23. The number of aliphatic hydroxyl groups excluding tert-OH is 1. The van der Waals surface area contributed by atoms with Crippen molar-refractivity contribution in [3.63, 3.8) is 0 Å². The third kappa shape index (κ3) is 31.2. The van der Waals surface area contributed by atoms with Crippen molar-refractivity contribution in [1.82, 2.24) is 15.5 Å². The molecule has 162 valence electrons. The first-order valence-corrected chi connectivity index (χ1v) is 10.8. The van der Waals surface area contributed by atoms with E-state index in [0.29, 0.717) is 18.4 Å². The Kier molecular flexibility index (Phi) is 37.1. The normalized spacial score (nSPS) is 9.62. The molecule has 0 fully saturated rings. The van der Waals surface area contributed by atoms with Crippen LogP contribution in [0, 0.1) is 11.8 Å². The monoisotopic (exact) mass is 375 g/mol. The van der Waals surface area contributed by atoms with Gasteiger partial charge in [0.05, 0.1) is 13.3 Å². The number of allylic oxidation sites excluding steroid dienone is 1. The minimum absolute atomic E-state index is 0.292. The van der Waals surface area contributed by atoms with Crippen molar-refractivity contribution in [1.29, 1.82) is 0 Å². The number of rotatable bonds is 12. The molecular weight excluding hydrogens is 322 g/mol. The van der Waals surface area contributed by atoms with E-state index >= 15 is 0 Å². The van der Waals surface area contributed by atoms with Gasteiger partial charge >= 0.3 is 0 Å². The van der Waals surface area contributed by atoms with E-state index in [4.69, 9.17) is 5.11 Å². The van der Waals surface area contributed by atoms with Crippen molar-refractivity contribution in [2.75, 3.05) is 39.5 Å². The molecule has 4 nitrogen and oxygen atoms in total. The molecule has 0 unspecified atom stereocenters. The molecule has 0 spiro atoms. The lowest BCUT2D eigenvalue weighted by Gasteiger charge is -2.18. The first-order valence-electron chi connectivity index (χ1n) is 10.8. The fourth-order valence-corrected chi connectivity index (χ4v) is 1.85. The maximum Gasteiger partial charge on any atom is 0.0650 e. The van der Waals surface area contributed by atoms with Crippen LogP contribution < -0.4 is 10.6 Å². The minimum atomic E-state index is 0.292. The van der Waals surface area contributed by atoms with Crippen LogP contribution in [0.3, 0.4) is 0 Å². The Morgan fingerprint density at radius 1 is 0.923 bits per heavy atom. The second kappa shape index (κ2) is 29.2. The molecular formula is C22H53N3O. The SMILES string of the molecule is C=C(NCNCC(C)C)C(C)C.CC.CC.CCCN(CCC)CCO. The van der Waals surface area contributed by atoms with Crippen molar-refractivity contribution in [2.24, 2.45) is 11.8 Å². The summed E-state index contributed by atoms with van der Waals surface area (Å²) >= 11 is 0. The summed E-state index contributed by atoms with van der Waals surface area (Å²) in [6.07, 6.45) is 2.36. The van der Waals surface area contributed by atoms with Crippen LogP contribution in [-0.2, 0) is 0 Å². The van der Waals surface area contributed by atoms with E-state index in [1.807, 2.05) is 27.7 Å². The molecule has 0 saturated carbocycles. The van der Waals surface area contributed by atoms with E-state index in [-0.39, 0.29) is 0 Å². The molecule has 0 aromatic rings. The highest BCUT2D eigenvalue weighted by Crippen LogP contribution is 2.00. The summed E-state index contributed by atoms with van der Waals surface area (Å²) in [7, 11) is 0. The zero-order valence-electron chi connectivity index (χ0n) is 19.9. The lowest BCUT2D eigenvalue weighted by molar-refractivity contribution is 0.196. The smallest absolute Gasteiger partial charge is 0.0650 e. The summed E-state index contributed by atoms with van der Waals surface area (Å²) in [5, 5.41) is 15.2. The summed E-state index contributed by atoms with van der Waals surface area (Å²) in [6.45, 7) is 30.2. The Hall–Kier alpha value is -0.580. The van der Waals surface area contributed by atoms with Gasteiger partial charge in [-0.25, -0.2) is 0 Å². The molecule has 0 saturated heterocycles. The van der Waals surface area contributed by atoms with E-state index < -0.39 is 0 Å². The Labute approximate surface area is 166 Å². The highest BCUT2D eigenvalue weighted by Gasteiger charge is 1.99. The molecule has 26 heavy (non-hydrogen) atoms. The third-order valence-electron chi connectivity index (χ3n) is 3.19. The molecule has 0 aliphatic carbocycles. The molecule has 0 radical (unpaired) electrons. The summed E-state index contributed by atoms with van der Waals surface area (Å²) in [6, 6.07) is 0. The first kappa shape index (κ1) is 33.0. The Morgan fingerprint density at radius 3 is 1.69 bits per heavy atom. The topological polar surface area (TPSA) is 47.5 Å². The molecule has 4 heteroatoms. The van der Waals surface area contributed by atoms with Gasteiger partial charge in [0.15, 0.2) is 0 Å². The van der Waals surface area contributed by atoms with Gasteiger partial charge in [0, 0.05) is 12.2 Å². The van der Waals surface area contributed by atoms with Gasteiger partial charge in [-0.1, -0.05) is 75.8 Å². The molecule has 0 aliphatic rings. The van der Waals surface area contributed by atoms with Crippen LogP contribution in [0.4, 0.5) is 0 Å². The van der Waals surface area contributed by atoms with E-state index in [1.165, 1.54) is 12.8 Å². The van der Waals surface area contributed by atoms with E-state index in [2.05, 4.69) is 63.7 Å². The van der Waals surface area contributed by atoms with Crippen molar-refractivity contribution in [2.45, 2.75) is 82.1 Å². The molecule has 0 amide bonds. The maximum absolute atomic E-state index is 8.65. The van der Waals surface area contributed by atoms with Crippen molar-refractivity contribution in [3.05, 3.63) is 12.3 Å². The largest absolute Gasteiger partial charge is 0.395 e. The molecule has 0 atom stereocenters. The fraction of sp³-hybridized carbons (Fsp3) is 0.909. The highest BCUT2D eigenvalue weighted by atomic mass is 16.3. The van der Waals surface area contributed by atoms with Crippen LogP contribution in [0.25, 0.3) is 0 Å². The lowest BCUT2D eigenvalue weighted by Crippen LogP contribution is -2.31. The van der Waals surface area contributed by atoms with Crippen LogP contribution in [-0.4, -0.2) is 49.5 Å². The van der Waals surface area contributed by atoms with Crippen molar-refractivity contribution in [3.8, 4) is 0 Å². The second-order valence-electron chi connectivity index (χ2n) is 6.45. The highest BCUT2D eigenvalue weighted by molar-refractivity contribution is 4.93. The van der Waals surface area contributed by atoms with Crippen LogP contribution in [0.15, 0.2) is 12.3 Å².